The van der Waals surface area contributed by atoms with E-state index in [1.165, 1.54) is 44.5 Å². The topological polar surface area (TPSA) is 19.4 Å². The summed E-state index contributed by atoms with van der Waals surface area (Å²) in [4.78, 5) is 14.1. The number of nitrogens with zero attached hydrogens (tertiary/aromatic N) is 6. The molecule has 0 atom stereocenters. The van der Waals surface area contributed by atoms with Gasteiger partial charge in [0.1, 0.15) is 0 Å². The molecule has 0 saturated carbocycles. The zero-order valence-electron chi connectivity index (χ0n) is 76.1. The molecule has 0 fully saturated rings. The molecule has 23 rings (SSSR count). The molecule has 0 saturated heterocycles. The number of hydrogen-bond donors (Lipinski definition) is 0. The minimum atomic E-state index is 1.06. The summed E-state index contributed by atoms with van der Waals surface area (Å²) in [5.41, 5.74) is 40.5. The SMILES string of the molecule is c1ccc(-c2ccc(N(c3ccc(-c4ccccc4)cc3)c3ccc(-c4ccc(N(c5ccc(-c6ccccc6)cc5)c5ccc(-c6ccccc6)cc5)cc4)cc3)cc2)cc1.c1ccc(N(c2ccccc2)c2ccc3c(c2)-c2cc(N(c4ccccc4)c4ccccc4)ccc2-c2ccc(N(c4ccccc4)c4ccccc4)cc2-c2cc(N(c4ccccc4)c4ccccc4)ccc2-3)cc1. The van der Waals surface area contributed by atoms with E-state index >= 15 is 0 Å². The van der Waals surface area contributed by atoms with Gasteiger partial charge in [0.25, 0.3) is 0 Å². The zero-order chi connectivity index (χ0) is 92.1. The standard InChI is InChI=1S/C72H52N4.C60H44N2/c1-9-25-53(26-10-1)73(54-27-11-2-12-28-54)61-41-45-65-66-46-42-63(75(57-33-17-5-18-34-57)58-35-19-6-20-36-58)51-71(66)72-52-64(76(59-37-21-7-22-38-59)60-39-23-8-24-40-60)44-48-68(72)67-47-43-62(50-70(67)69(65)49-61)74(55-29-13-3-14-30-55)56-31-15-4-16-32-56;1-5-13-45(14-6-1)49-21-33-55(34-22-49)61(56-35-23-50(24-36-56)46-15-7-2-8-16-46)59-41-29-53(30-42-59)54-31-43-60(44-32-54)62(57-37-25-51(26-38-57)47-17-9-3-10-18-47)58-39-27-52(28-40-58)48-19-11-4-12-20-48/h1-52H;1-44H. The number of benzene rings is 22. The second-order valence-electron chi connectivity index (χ2n) is 34.4. The monoisotopic (exact) mass is 1760 g/mol. The van der Waals surface area contributed by atoms with Crippen molar-refractivity contribution in [1.82, 2.24) is 0 Å². The summed E-state index contributed by atoms with van der Waals surface area (Å²) in [5, 5.41) is 0. The van der Waals surface area contributed by atoms with Crippen molar-refractivity contribution >= 4 is 102 Å². The van der Waals surface area contributed by atoms with Crippen molar-refractivity contribution in [2.24, 2.45) is 0 Å². The van der Waals surface area contributed by atoms with E-state index < -0.39 is 0 Å². The van der Waals surface area contributed by atoms with Gasteiger partial charge in [0, 0.05) is 102 Å². The van der Waals surface area contributed by atoms with Crippen molar-refractivity contribution in [3.63, 3.8) is 0 Å². The minimum absolute atomic E-state index is 1.06. The largest absolute Gasteiger partial charge is 0.311 e. The summed E-state index contributed by atoms with van der Waals surface area (Å²) in [7, 11) is 0. The second kappa shape index (κ2) is 39.6. The third-order valence-corrected chi connectivity index (χ3v) is 25.8. The Labute approximate surface area is 808 Å². The molecular formula is C132H96N6. The molecule has 6 heteroatoms. The Balaban J connectivity index is 0.000000163. The summed E-state index contributed by atoms with van der Waals surface area (Å²) in [5.74, 6) is 0. The molecule has 22 aromatic carbocycles. The molecule has 0 unspecified atom stereocenters. The van der Waals surface area contributed by atoms with Gasteiger partial charge in [0.05, 0.1) is 0 Å². The minimum Gasteiger partial charge on any atom is -0.311 e. The third-order valence-electron chi connectivity index (χ3n) is 25.8. The predicted octanol–water partition coefficient (Wildman–Crippen LogP) is 37.5. The van der Waals surface area contributed by atoms with E-state index in [1.807, 2.05) is 0 Å². The fourth-order valence-electron chi connectivity index (χ4n) is 19.2. The normalized spacial score (nSPS) is 11.0. The van der Waals surface area contributed by atoms with E-state index in [9.17, 15) is 0 Å². The van der Waals surface area contributed by atoms with Gasteiger partial charge in [0.2, 0.25) is 0 Å². The average Bonchev–Trinajstić information content (AvgIpc) is 0.724. The Morgan fingerprint density at radius 1 is 0.0725 bits per heavy atom. The van der Waals surface area contributed by atoms with Crippen molar-refractivity contribution in [3.8, 4) is 100 Å². The lowest BCUT2D eigenvalue weighted by atomic mass is 9.80. The smallest absolute Gasteiger partial charge is 0.0468 e. The first kappa shape index (κ1) is 85.1. The van der Waals surface area contributed by atoms with Crippen molar-refractivity contribution in [2.45, 2.75) is 0 Å². The number of para-hydroxylation sites is 8. The molecule has 0 aromatic heterocycles. The van der Waals surface area contributed by atoms with E-state index in [4.69, 9.17) is 0 Å². The highest BCUT2D eigenvalue weighted by Crippen LogP contribution is 2.55. The van der Waals surface area contributed by atoms with Gasteiger partial charge in [0.15, 0.2) is 0 Å². The van der Waals surface area contributed by atoms with Gasteiger partial charge in [-0.3, -0.25) is 0 Å². The highest BCUT2D eigenvalue weighted by molar-refractivity contribution is 6.07. The van der Waals surface area contributed by atoms with Crippen molar-refractivity contribution in [3.05, 3.63) is 582 Å². The van der Waals surface area contributed by atoms with Crippen molar-refractivity contribution in [2.75, 3.05) is 29.4 Å². The molecule has 6 nitrogen and oxygen atoms in total. The van der Waals surface area contributed by atoms with E-state index in [0.29, 0.717) is 0 Å². The fraction of sp³-hybridized carbons (Fsp3) is 0. The number of anilines is 18. The lowest BCUT2D eigenvalue weighted by molar-refractivity contribution is 1.27. The molecule has 0 N–H and O–H groups in total. The molecule has 0 heterocycles. The molecule has 138 heavy (non-hydrogen) atoms. The van der Waals surface area contributed by atoms with Crippen LogP contribution in [0.25, 0.3) is 100 Å². The maximum Gasteiger partial charge on any atom is 0.0468 e. The zero-order valence-corrected chi connectivity index (χ0v) is 76.1. The Hall–Kier alpha value is -18.4. The molecule has 0 spiro atoms. The van der Waals surface area contributed by atoms with Crippen LogP contribution >= 0.6 is 0 Å². The van der Waals surface area contributed by atoms with Gasteiger partial charge in [-0.05, 0) is 319 Å². The van der Waals surface area contributed by atoms with Crippen LogP contribution in [-0.4, -0.2) is 0 Å². The van der Waals surface area contributed by atoms with Crippen LogP contribution in [0.2, 0.25) is 0 Å². The first-order valence-electron chi connectivity index (χ1n) is 47.1. The first-order valence-corrected chi connectivity index (χ1v) is 47.1. The van der Waals surface area contributed by atoms with Crippen LogP contribution < -0.4 is 29.4 Å². The van der Waals surface area contributed by atoms with Gasteiger partial charge in [-0.25, -0.2) is 0 Å². The fourth-order valence-corrected chi connectivity index (χ4v) is 19.2. The number of rotatable bonds is 23. The van der Waals surface area contributed by atoms with Crippen LogP contribution in [0, 0.1) is 0 Å². The highest BCUT2D eigenvalue weighted by atomic mass is 15.2. The lowest BCUT2D eigenvalue weighted by Gasteiger charge is -2.32. The van der Waals surface area contributed by atoms with Crippen LogP contribution in [0.5, 0.6) is 0 Å². The van der Waals surface area contributed by atoms with Crippen LogP contribution in [0.1, 0.15) is 0 Å². The van der Waals surface area contributed by atoms with Gasteiger partial charge in [-0.1, -0.05) is 364 Å². The van der Waals surface area contributed by atoms with Crippen LogP contribution in [-0.2, 0) is 0 Å². The molecule has 1 aliphatic rings. The molecular weight excluding hydrogens is 1670 g/mol. The molecule has 0 radical (unpaired) electrons. The third kappa shape index (κ3) is 18.1. The lowest BCUT2D eigenvalue weighted by Crippen LogP contribution is -2.12. The Morgan fingerprint density at radius 2 is 0.174 bits per heavy atom. The number of fused-ring (bicyclic) bond motifs is 8. The summed E-state index contributed by atoms with van der Waals surface area (Å²) in [6.07, 6.45) is 0. The maximum absolute atomic E-state index is 2.41. The summed E-state index contributed by atoms with van der Waals surface area (Å²) in [6.45, 7) is 0. The number of hydrogen-bond acceptors (Lipinski definition) is 6. The maximum atomic E-state index is 2.41. The molecule has 0 bridgehead atoms. The summed E-state index contributed by atoms with van der Waals surface area (Å²) < 4.78 is 0. The van der Waals surface area contributed by atoms with E-state index in [1.54, 1.807) is 0 Å². The van der Waals surface area contributed by atoms with Gasteiger partial charge >= 0.3 is 0 Å². The molecule has 22 aromatic rings. The Kier molecular flexibility index (Phi) is 24.4. The Bertz CT molecular complexity index is 6760. The molecule has 1 aliphatic carbocycles. The van der Waals surface area contributed by atoms with Gasteiger partial charge in [-0.2, -0.15) is 0 Å². The second-order valence-corrected chi connectivity index (χ2v) is 34.4. The van der Waals surface area contributed by atoms with Gasteiger partial charge in [-0.15, -0.1) is 0 Å². The van der Waals surface area contributed by atoms with E-state index in [2.05, 4.69) is 612 Å². The van der Waals surface area contributed by atoms with E-state index in [0.717, 1.165) is 158 Å². The van der Waals surface area contributed by atoms with E-state index in [-0.39, 0.29) is 0 Å². The van der Waals surface area contributed by atoms with Crippen molar-refractivity contribution in [1.29, 1.82) is 0 Å². The predicted molar refractivity (Wildman–Crippen MR) is 583 cm³/mol. The first-order chi connectivity index (χ1) is 68.5. The molecule has 0 amide bonds. The Morgan fingerprint density at radius 3 is 0.312 bits per heavy atom. The summed E-state index contributed by atoms with van der Waals surface area (Å²) >= 11 is 0. The van der Waals surface area contributed by atoms with Crippen LogP contribution in [0.4, 0.5) is 102 Å². The highest BCUT2D eigenvalue weighted by Gasteiger charge is 2.30. The molecule has 0 aliphatic heterocycles. The van der Waals surface area contributed by atoms with Crippen LogP contribution in [0.3, 0.4) is 0 Å². The summed E-state index contributed by atoms with van der Waals surface area (Å²) in [6, 6.07) is 209. The van der Waals surface area contributed by atoms with Crippen molar-refractivity contribution < 1.29 is 0 Å². The van der Waals surface area contributed by atoms with Gasteiger partial charge < -0.3 is 29.4 Å². The average molecular weight is 1770 g/mol. The quantitative estimate of drug-likeness (QED) is 0.0631. The molecule has 654 valence electrons. The van der Waals surface area contributed by atoms with Crippen LogP contribution in [0.15, 0.2) is 582 Å².